The Labute approximate surface area is 232 Å². The number of hydrogen-bond donors (Lipinski definition) is 1. The van der Waals surface area contributed by atoms with Crippen LogP contribution in [0.4, 0.5) is 13.2 Å². The van der Waals surface area contributed by atoms with Gasteiger partial charge in [0.05, 0.1) is 30.8 Å². The summed E-state index contributed by atoms with van der Waals surface area (Å²) in [5.74, 6) is -2.12. The largest absolute Gasteiger partial charge is 0.453 e. The van der Waals surface area contributed by atoms with E-state index in [4.69, 9.17) is 5.26 Å². The zero-order chi connectivity index (χ0) is 28.9. The lowest BCUT2D eigenvalue weighted by Gasteiger charge is -2.30. The number of amides is 3. The molecule has 0 radical (unpaired) electrons. The van der Waals surface area contributed by atoms with Gasteiger partial charge in [-0.05, 0) is 47.9 Å². The molecule has 0 bridgehead atoms. The monoisotopic (exact) mass is 563 g/mol. The third-order valence-electron chi connectivity index (χ3n) is 7.82. The van der Waals surface area contributed by atoms with E-state index in [0.29, 0.717) is 41.8 Å². The molecule has 1 N–H and O–H groups in total. The van der Waals surface area contributed by atoms with Crippen molar-refractivity contribution in [2.24, 2.45) is 0 Å². The highest BCUT2D eigenvalue weighted by atomic mass is 19.4. The number of nitrogens with zero attached hydrogens (tertiary/aromatic N) is 6. The highest BCUT2D eigenvalue weighted by molar-refractivity contribution is 6.00. The minimum Gasteiger partial charge on any atom is -0.347 e. The Morgan fingerprint density at radius 1 is 1.10 bits per heavy atom. The van der Waals surface area contributed by atoms with Crippen LogP contribution in [0.3, 0.4) is 0 Å². The molecular formula is C28H24F3N7O3. The minimum absolute atomic E-state index is 0.0543. The quantitative estimate of drug-likeness (QED) is 0.520. The number of halogens is 3. The van der Waals surface area contributed by atoms with Gasteiger partial charge in [-0.1, -0.05) is 12.1 Å². The fourth-order valence-corrected chi connectivity index (χ4v) is 5.74. The van der Waals surface area contributed by atoms with Crippen molar-refractivity contribution >= 4 is 17.7 Å². The number of carbonyl (C=O) groups is 3. The van der Waals surface area contributed by atoms with E-state index < -0.39 is 12.0 Å². The first-order valence-electron chi connectivity index (χ1n) is 13.1. The van der Waals surface area contributed by atoms with Crippen molar-refractivity contribution in [2.75, 3.05) is 19.6 Å². The van der Waals surface area contributed by atoms with Gasteiger partial charge in [-0.2, -0.15) is 18.4 Å². The summed E-state index contributed by atoms with van der Waals surface area (Å²) in [7, 11) is 0. The Bertz CT molecular complexity index is 1610. The molecule has 6 rings (SSSR count). The number of aromatic nitrogens is 3. The average molecular weight is 564 g/mol. The van der Waals surface area contributed by atoms with Crippen LogP contribution in [0, 0.1) is 11.3 Å². The van der Waals surface area contributed by atoms with Crippen LogP contribution in [0.2, 0.25) is 0 Å². The molecule has 4 heterocycles. The number of likely N-dealkylation sites (tertiary alicyclic amines) is 1. The van der Waals surface area contributed by atoms with Gasteiger partial charge in [0.15, 0.2) is 0 Å². The van der Waals surface area contributed by atoms with Gasteiger partial charge in [-0.25, -0.2) is 9.67 Å². The van der Waals surface area contributed by atoms with Crippen molar-refractivity contribution in [1.82, 2.24) is 29.9 Å². The smallest absolute Gasteiger partial charge is 0.347 e. The molecule has 3 amide bonds. The summed E-state index contributed by atoms with van der Waals surface area (Å²) >= 11 is 0. The maximum Gasteiger partial charge on any atom is 0.453 e. The van der Waals surface area contributed by atoms with E-state index in [1.54, 1.807) is 35.2 Å². The minimum atomic E-state index is -4.67. The van der Waals surface area contributed by atoms with Crippen molar-refractivity contribution in [3.63, 3.8) is 0 Å². The fourth-order valence-electron chi connectivity index (χ4n) is 5.74. The molecule has 1 fully saturated rings. The van der Waals surface area contributed by atoms with Gasteiger partial charge in [0.2, 0.25) is 5.91 Å². The van der Waals surface area contributed by atoms with Gasteiger partial charge in [-0.3, -0.25) is 14.4 Å². The van der Waals surface area contributed by atoms with E-state index in [9.17, 15) is 27.6 Å². The third kappa shape index (κ3) is 5.01. The van der Waals surface area contributed by atoms with Crippen LogP contribution >= 0.6 is 0 Å². The second kappa shape index (κ2) is 10.0. The zero-order valence-corrected chi connectivity index (χ0v) is 21.7. The molecule has 2 aromatic carbocycles. The standard InChI is InChI=1S/C28H24F3N7O3/c29-28(30,31)27-34-23-15-36(8-9-38(23)35-27)26(41)18-5-6-19-20(11-18)21-13-37(14-22(21)33-25(19)40)24(39)7-4-16-2-1-3-17(10-16)12-32/h1-3,5-6,10-11,21-22H,4,7-9,13-15H2,(H,33,40). The van der Waals surface area contributed by atoms with Gasteiger partial charge in [0.25, 0.3) is 17.6 Å². The van der Waals surface area contributed by atoms with Gasteiger partial charge in [0.1, 0.15) is 5.82 Å². The van der Waals surface area contributed by atoms with Crippen molar-refractivity contribution in [2.45, 2.75) is 44.1 Å². The van der Waals surface area contributed by atoms with Gasteiger partial charge in [0, 0.05) is 43.1 Å². The van der Waals surface area contributed by atoms with E-state index in [1.807, 2.05) is 6.07 Å². The molecule has 13 heteroatoms. The Hall–Kier alpha value is -4.73. The maximum atomic E-state index is 13.4. The van der Waals surface area contributed by atoms with E-state index >= 15 is 0 Å². The zero-order valence-electron chi connectivity index (χ0n) is 21.7. The number of aryl methyl sites for hydroxylation is 1. The van der Waals surface area contributed by atoms with Crippen molar-refractivity contribution in [3.05, 3.63) is 81.9 Å². The fraction of sp³-hybridized carbons (Fsp3) is 0.357. The first-order chi connectivity index (χ1) is 19.6. The number of rotatable bonds is 4. The lowest BCUT2D eigenvalue weighted by atomic mass is 9.85. The molecule has 3 aromatic rings. The molecule has 3 aliphatic heterocycles. The van der Waals surface area contributed by atoms with E-state index in [2.05, 4.69) is 21.5 Å². The number of hydrogen-bond acceptors (Lipinski definition) is 6. The summed E-state index contributed by atoms with van der Waals surface area (Å²) in [4.78, 5) is 46.0. The molecule has 41 heavy (non-hydrogen) atoms. The SMILES string of the molecule is N#Cc1cccc(CCC(=O)N2CC3NC(=O)c4ccc(C(=O)N5CCn6nc(C(F)(F)F)nc6C5)cc4C3C2)c1. The summed E-state index contributed by atoms with van der Waals surface area (Å²) < 4.78 is 40.3. The van der Waals surface area contributed by atoms with Crippen molar-refractivity contribution < 1.29 is 27.6 Å². The van der Waals surface area contributed by atoms with Crippen LogP contribution in [0.5, 0.6) is 0 Å². The predicted molar refractivity (Wildman–Crippen MR) is 136 cm³/mol. The summed E-state index contributed by atoms with van der Waals surface area (Å²) in [6, 6.07) is 13.7. The van der Waals surface area contributed by atoms with E-state index in [0.717, 1.165) is 5.56 Å². The van der Waals surface area contributed by atoms with E-state index in [-0.39, 0.29) is 61.6 Å². The number of carbonyl (C=O) groups excluding carboxylic acids is 3. The molecule has 10 nitrogen and oxygen atoms in total. The maximum absolute atomic E-state index is 13.4. The Balaban J connectivity index is 1.16. The second-order valence-corrected chi connectivity index (χ2v) is 10.4. The van der Waals surface area contributed by atoms with Gasteiger partial charge < -0.3 is 15.1 Å². The third-order valence-corrected chi connectivity index (χ3v) is 7.82. The summed E-state index contributed by atoms with van der Waals surface area (Å²) in [5.41, 5.74) is 2.83. The van der Waals surface area contributed by atoms with E-state index in [1.165, 1.54) is 15.6 Å². The Kier molecular flexibility index (Phi) is 6.48. The average Bonchev–Trinajstić information content (AvgIpc) is 3.60. The highest BCUT2D eigenvalue weighted by Crippen LogP contribution is 2.35. The van der Waals surface area contributed by atoms with Crippen LogP contribution < -0.4 is 5.32 Å². The Morgan fingerprint density at radius 2 is 1.93 bits per heavy atom. The Morgan fingerprint density at radius 3 is 2.71 bits per heavy atom. The first-order valence-corrected chi connectivity index (χ1v) is 13.1. The van der Waals surface area contributed by atoms with Crippen LogP contribution in [0.25, 0.3) is 0 Å². The van der Waals surface area contributed by atoms with Crippen LogP contribution in [-0.4, -0.2) is 68.0 Å². The van der Waals surface area contributed by atoms with Gasteiger partial charge >= 0.3 is 6.18 Å². The predicted octanol–water partition coefficient (Wildman–Crippen LogP) is 2.50. The van der Waals surface area contributed by atoms with Crippen molar-refractivity contribution in [3.8, 4) is 6.07 Å². The first kappa shape index (κ1) is 26.5. The number of fused-ring (bicyclic) bond motifs is 4. The van der Waals surface area contributed by atoms with Crippen LogP contribution in [-0.2, 0) is 30.5 Å². The number of benzene rings is 2. The molecule has 0 spiro atoms. The lowest BCUT2D eigenvalue weighted by molar-refractivity contribution is -0.145. The molecule has 0 aliphatic carbocycles. The molecule has 1 aromatic heterocycles. The summed E-state index contributed by atoms with van der Waals surface area (Å²) in [6.07, 6.45) is -3.94. The van der Waals surface area contributed by atoms with Gasteiger partial charge in [-0.15, -0.1) is 5.10 Å². The molecular weight excluding hydrogens is 539 g/mol. The van der Waals surface area contributed by atoms with Crippen molar-refractivity contribution in [1.29, 1.82) is 5.26 Å². The molecule has 0 saturated carbocycles. The highest BCUT2D eigenvalue weighted by Gasteiger charge is 2.42. The van der Waals surface area contributed by atoms with Crippen LogP contribution in [0.15, 0.2) is 42.5 Å². The molecule has 2 atom stereocenters. The molecule has 1 saturated heterocycles. The summed E-state index contributed by atoms with van der Waals surface area (Å²) in [5, 5.41) is 15.6. The molecule has 210 valence electrons. The second-order valence-electron chi connectivity index (χ2n) is 10.4. The molecule has 2 unspecified atom stereocenters. The van der Waals surface area contributed by atoms with Crippen LogP contribution in [0.1, 0.15) is 61.4 Å². The topological polar surface area (TPSA) is 124 Å². The normalized spacial score (nSPS) is 19.6. The number of nitrogens with one attached hydrogen (secondary N) is 1. The summed E-state index contributed by atoms with van der Waals surface area (Å²) in [6.45, 7) is 0.842. The number of alkyl halides is 3. The number of nitriles is 1. The lowest BCUT2D eigenvalue weighted by Crippen LogP contribution is -2.44. The molecule has 3 aliphatic rings.